The Labute approximate surface area is 77.5 Å². The lowest BCUT2D eigenvalue weighted by Crippen LogP contribution is -2.44. The van der Waals surface area contributed by atoms with E-state index in [9.17, 15) is 9.59 Å². The summed E-state index contributed by atoms with van der Waals surface area (Å²) in [5.74, 6) is -0.915. The van der Waals surface area contributed by atoms with Crippen LogP contribution in [0.3, 0.4) is 0 Å². The molecular weight excluding hydrogens is 170 g/mol. The Hall–Kier alpha value is -1.06. The van der Waals surface area contributed by atoms with Gasteiger partial charge in [0.2, 0.25) is 5.91 Å². The van der Waals surface area contributed by atoms with Crippen LogP contribution in [-0.2, 0) is 9.59 Å². The van der Waals surface area contributed by atoms with Gasteiger partial charge >= 0.3 is 5.97 Å². The summed E-state index contributed by atoms with van der Waals surface area (Å²) in [6.45, 7) is 4.52. The van der Waals surface area contributed by atoms with Crippen LogP contribution in [0, 0.1) is 11.8 Å². The molecule has 0 aromatic rings. The summed E-state index contributed by atoms with van der Waals surface area (Å²) >= 11 is 0. The highest BCUT2D eigenvalue weighted by Crippen LogP contribution is 2.21. The molecule has 1 aliphatic rings. The van der Waals surface area contributed by atoms with Crippen LogP contribution in [0.1, 0.15) is 20.3 Å². The number of hydrogen-bond acceptors (Lipinski definition) is 2. The standard InChI is InChI=1S/C9H15NO3/c1-6-3-8(9(12)13)5-10(4-6)7(2)11/h6,8H,3-5H2,1-2H3,(H,12,13). The average Bonchev–Trinajstić information content (AvgIpc) is 2.03. The van der Waals surface area contributed by atoms with E-state index in [0.29, 0.717) is 25.4 Å². The number of carboxylic acids is 1. The van der Waals surface area contributed by atoms with Crippen LogP contribution >= 0.6 is 0 Å². The highest BCUT2D eigenvalue weighted by atomic mass is 16.4. The van der Waals surface area contributed by atoms with Gasteiger partial charge in [0, 0.05) is 20.0 Å². The lowest BCUT2D eigenvalue weighted by molar-refractivity contribution is -0.146. The van der Waals surface area contributed by atoms with Crippen LogP contribution in [-0.4, -0.2) is 35.0 Å². The Kier molecular flexibility index (Phi) is 2.90. The molecule has 1 amide bonds. The van der Waals surface area contributed by atoms with E-state index in [1.807, 2.05) is 6.92 Å². The fraction of sp³-hybridized carbons (Fsp3) is 0.778. The maximum atomic E-state index is 11.0. The molecule has 2 atom stereocenters. The van der Waals surface area contributed by atoms with E-state index < -0.39 is 5.97 Å². The molecular formula is C9H15NO3. The highest BCUT2D eigenvalue weighted by molar-refractivity contribution is 5.75. The summed E-state index contributed by atoms with van der Waals surface area (Å²) in [5.41, 5.74) is 0. The van der Waals surface area contributed by atoms with Gasteiger partial charge in [-0.25, -0.2) is 0 Å². The van der Waals surface area contributed by atoms with Gasteiger partial charge in [0.1, 0.15) is 0 Å². The zero-order chi connectivity index (χ0) is 10.0. The third kappa shape index (κ3) is 2.44. The van der Waals surface area contributed by atoms with Crippen molar-refractivity contribution >= 4 is 11.9 Å². The Morgan fingerprint density at radius 1 is 1.38 bits per heavy atom. The van der Waals surface area contributed by atoms with Crippen LogP contribution in [0.15, 0.2) is 0 Å². The van der Waals surface area contributed by atoms with Crippen molar-refractivity contribution in [3.05, 3.63) is 0 Å². The minimum Gasteiger partial charge on any atom is -0.481 e. The van der Waals surface area contributed by atoms with Gasteiger partial charge in [-0.15, -0.1) is 0 Å². The van der Waals surface area contributed by atoms with Crippen LogP contribution < -0.4 is 0 Å². The molecule has 0 aromatic heterocycles. The number of rotatable bonds is 1. The number of piperidine rings is 1. The fourth-order valence-corrected chi connectivity index (χ4v) is 1.79. The molecule has 1 aliphatic heterocycles. The predicted octanol–water partition coefficient (Wildman–Crippen LogP) is 0.575. The van der Waals surface area contributed by atoms with E-state index in [1.165, 1.54) is 6.92 Å². The summed E-state index contributed by atoms with van der Waals surface area (Å²) < 4.78 is 0. The molecule has 0 aromatic carbocycles. The molecule has 0 bridgehead atoms. The predicted molar refractivity (Wildman–Crippen MR) is 47.2 cm³/mol. The normalized spacial score (nSPS) is 28.6. The summed E-state index contributed by atoms with van der Waals surface area (Å²) in [6, 6.07) is 0. The topological polar surface area (TPSA) is 57.6 Å². The monoisotopic (exact) mass is 185 g/mol. The van der Waals surface area contributed by atoms with Crippen molar-refractivity contribution in [1.82, 2.24) is 4.90 Å². The van der Waals surface area contributed by atoms with Crippen molar-refractivity contribution in [2.75, 3.05) is 13.1 Å². The molecule has 1 heterocycles. The Morgan fingerprint density at radius 2 is 2.00 bits per heavy atom. The molecule has 1 rings (SSSR count). The number of likely N-dealkylation sites (tertiary alicyclic amines) is 1. The van der Waals surface area contributed by atoms with E-state index >= 15 is 0 Å². The van der Waals surface area contributed by atoms with Gasteiger partial charge in [-0.2, -0.15) is 0 Å². The van der Waals surface area contributed by atoms with Gasteiger partial charge in [-0.1, -0.05) is 6.92 Å². The van der Waals surface area contributed by atoms with Crippen molar-refractivity contribution in [3.8, 4) is 0 Å². The van der Waals surface area contributed by atoms with Crippen molar-refractivity contribution < 1.29 is 14.7 Å². The zero-order valence-corrected chi connectivity index (χ0v) is 7.99. The van der Waals surface area contributed by atoms with Gasteiger partial charge in [0.15, 0.2) is 0 Å². The molecule has 1 fully saturated rings. The Bertz CT molecular complexity index is 205. The van der Waals surface area contributed by atoms with Gasteiger partial charge in [-0.3, -0.25) is 9.59 Å². The third-order valence-corrected chi connectivity index (χ3v) is 2.45. The van der Waals surface area contributed by atoms with Crippen LogP contribution in [0.25, 0.3) is 0 Å². The van der Waals surface area contributed by atoms with Crippen molar-refractivity contribution in [2.45, 2.75) is 20.3 Å². The second-order valence-electron chi connectivity index (χ2n) is 3.80. The van der Waals surface area contributed by atoms with E-state index in [4.69, 9.17) is 5.11 Å². The number of carbonyl (C=O) groups is 2. The lowest BCUT2D eigenvalue weighted by atomic mass is 9.90. The third-order valence-electron chi connectivity index (χ3n) is 2.45. The Morgan fingerprint density at radius 3 is 2.46 bits per heavy atom. The molecule has 0 aliphatic carbocycles. The number of carboxylic acid groups (broad SMARTS) is 1. The highest BCUT2D eigenvalue weighted by Gasteiger charge is 2.30. The van der Waals surface area contributed by atoms with Crippen molar-refractivity contribution in [1.29, 1.82) is 0 Å². The van der Waals surface area contributed by atoms with Crippen LogP contribution in [0.5, 0.6) is 0 Å². The summed E-state index contributed by atoms with van der Waals surface area (Å²) in [5, 5.41) is 8.82. The first kappa shape index (κ1) is 10.0. The smallest absolute Gasteiger partial charge is 0.308 e. The first-order valence-electron chi connectivity index (χ1n) is 4.49. The lowest BCUT2D eigenvalue weighted by Gasteiger charge is -2.33. The largest absolute Gasteiger partial charge is 0.481 e. The first-order valence-corrected chi connectivity index (χ1v) is 4.49. The second kappa shape index (κ2) is 3.77. The fourth-order valence-electron chi connectivity index (χ4n) is 1.79. The van der Waals surface area contributed by atoms with Crippen molar-refractivity contribution in [2.24, 2.45) is 11.8 Å². The van der Waals surface area contributed by atoms with Gasteiger partial charge in [-0.05, 0) is 12.3 Å². The number of amides is 1. The summed E-state index contributed by atoms with van der Waals surface area (Å²) in [7, 11) is 0. The second-order valence-corrected chi connectivity index (χ2v) is 3.80. The number of aliphatic carboxylic acids is 1. The molecule has 4 heteroatoms. The zero-order valence-electron chi connectivity index (χ0n) is 7.99. The van der Waals surface area contributed by atoms with E-state index in [-0.39, 0.29) is 11.8 Å². The molecule has 0 radical (unpaired) electrons. The van der Waals surface area contributed by atoms with E-state index in [0.717, 1.165) is 0 Å². The molecule has 0 spiro atoms. The number of carbonyl (C=O) groups excluding carboxylic acids is 1. The SMILES string of the molecule is CC(=O)N1CC(C)CC(C(=O)O)C1. The van der Waals surface area contributed by atoms with Crippen LogP contribution in [0.4, 0.5) is 0 Å². The van der Waals surface area contributed by atoms with E-state index in [2.05, 4.69) is 0 Å². The molecule has 4 nitrogen and oxygen atoms in total. The van der Waals surface area contributed by atoms with Crippen LogP contribution in [0.2, 0.25) is 0 Å². The van der Waals surface area contributed by atoms with Crippen molar-refractivity contribution in [3.63, 3.8) is 0 Å². The summed E-state index contributed by atoms with van der Waals surface area (Å²) in [6.07, 6.45) is 0.680. The summed E-state index contributed by atoms with van der Waals surface area (Å²) in [4.78, 5) is 23.4. The quantitative estimate of drug-likeness (QED) is 0.650. The molecule has 74 valence electrons. The van der Waals surface area contributed by atoms with Gasteiger partial charge in [0.25, 0.3) is 0 Å². The molecule has 2 unspecified atom stereocenters. The molecule has 13 heavy (non-hydrogen) atoms. The molecule has 1 saturated heterocycles. The molecule has 1 N–H and O–H groups in total. The average molecular weight is 185 g/mol. The molecule has 0 saturated carbocycles. The van der Waals surface area contributed by atoms with Gasteiger partial charge in [0.05, 0.1) is 5.92 Å². The number of hydrogen-bond donors (Lipinski definition) is 1. The minimum absolute atomic E-state index is 0.0298. The maximum Gasteiger partial charge on any atom is 0.308 e. The maximum absolute atomic E-state index is 11.0. The van der Waals surface area contributed by atoms with E-state index in [1.54, 1.807) is 4.90 Å². The Balaban J connectivity index is 2.62. The first-order chi connectivity index (χ1) is 6.00. The van der Waals surface area contributed by atoms with Gasteiger partial charge < -0.3 is 10.0 Å². The minimum atomic E-state index is -0.794. The number of nitrogens with zero attached hydrogens (tertiary/aromatic N) is 1.